The highest BCUT2D eigenvalue weighted by molar-refractivity contribution is 9.10. The largest absolute Gasteiger partial charge is 0.396 e. The molecule has 3 nitrogen and oxygen atoms in total. The van der Waals surface area contributed by atoms with Crippen LogP contribution in [0.1, 0.15) is 44.2 Å². The molecule has 2 unspecified atom stereocenters. The molecule has 0 aromatic heterocycles. The Balaban J connectivity index is 2.15. The van der Waals surface area contributed by atoms with E-state index in [1.165, 1.54) is 28.6 Å². The normalized spacial score (nSPS) is 20.4. The van der Waals surface area contributed by atoms with E-state index in [1.54, 1.807) is 0 Å². The summed E-state index contributed by atoms with van der Waals surface area (Å²) in [7, 11) is 1.98. The van der Waals surface area contributed by atoms with Crippen LogP contribution in [0.2, 0.25) is 0 Å². The minimum Gasteiger partial charge on any atom is -0.396 e. The van der Waals surface area contributed by atoms with E-state index in [0.29, 0.717) is 18.7 Å². The number of halogens is 1. The van der Waals surface area contributed by atoms with Gasteiger partial charge < -0.3 is 15.3 Å². The summed E-state index contributed by atoms with van der Waals surface area (Å²) < 4.78 is 1.17. The van der Waals surface area contributed by atoms with Gasteiger partial charge in [-0.1, -0.05) is 6.07 Å². The molecule has 1 saturated heterocycles. The second kappa shape index (κ2) is 7.43. The molecule has 1 aromatic rings. The molecule has 20 heavy (non-hydrogen) atoms. The molecular formula is C16H25BrN2O. The first-order chi connectivity index (χ1) is 9.67. The summed E-state index contributed by atoms with van der Waals surface area (Å²) >= 11 is 3.73. The maximum atomic E-state index is 9.03. The Labute approximate surface area is 130 Å². The maximum Gasteiger partial charge on any atom is 0.0513 e. The van der Waals surface area contributed by atoms with Crippen LogP contribution < -0.4 is 10.2 Å². The third kappa shape index (κ3) is 3.54. The number of hydrogen-bond acceptors (Lipinski definition) is 3. The van der Waals surface area contributed by atoms with Gasteiger partial charge in [0.1, 0.15) is 0 Å². The van der Waals surface area contributed by atoms with Crippen molar-refractivity contribution >= 4 is 21.6 Å². The molecule has 0 amide bonds. The molecule has 112 valence electrons. The maximum absolute atomic E-state index is 9.03. The van der Waals surface area contributed by atoms with E-state index in [0.717, 1.165) is 19.4 Å². The summed E-state index contributed by atoms with van der Waals surface area (Å²) in [5.41, 5.74) is 2.59. The van der Waals surface area contributed by atoms with Crippen LogP contribution in [0.4, 0.5) is 5.69 Å². The third-order valence-corrected chi connectivity index (χ3v) is 4.92. The van der Waals surface area contributed by atoms with Gasteiger partial charge in [0, 0.05) is 29.7 Å². The highest BCUT2D eigenvalue weighted by Gasteiger charge is 2.25. The van der Waals surface area contributed by atoms with Crippen molar-refractivity contribution in [3.63, 3.8) is 0 Å². The van der Waals surface area contributed by atoms with E-state index in [2.05, 4.69) is 51.3 Å². The molecule has 1 heterocycles. The Bertz CT molecular complexity index is 438. The second-order valence-electron chi connectivity index (χ2n) is 5.58. The average Bonchev–Trinajstić information content (AvgIpc) is 2.92. The van der Waals surface area contributed by atoms with Crippen molar-refractivity contribution in [3.8, 4) is 0 Å². The molecule has 1 aliphatic heterocycles. The second-order valence-corrected chi connectivity index (χ2v) is 6.43. The topological polar surface area (TPSA) is 35.5 Å². The zero-order chi connectivity index (χ0) is 14.5. The van der Waals surface area contributed by atoms with Crippen LogP contribution in [0.25, 0.3) is 0 Å². The lowest BCUT2D eigenvalue weighted by molar-refractivity contribution is 0.279. The Morgan fingerprint density at radius 2 is 2.30 bits per heavy atom. The lowest BCUT2D eigenvalue weighted by atomic mass is 10.1. The number of nitrogens with one attached hydrogen (secondary N) is 1. The summed E-state index contributed by atoms with van der Waals surface area (Å²) in [4.78, 5) is 2.49. The molecule has 0 aliphatic carbocycles. The summed E-state index contributed by atoms with van der Waals surface area (Å²) in [5.74, 6) is 0. The van der Waals surface area contributed by atoms with Crippen molar-refractivity contribution in [1.82, 2.24) is 5.32 Å². The molecule has 2 rings (SSSR count). The van der Waals surface area contributed by atoms with Crippen molar-refractivity contribution in [2.75, 3.05) is 25.1 Å². The number of hydrogen-bond donors (Lipinski definition) is 2. The zero-order valence-corrected chi connectivity index (χ0v) is 14.0. The molecule has 2 atom stereocenters. The number of aliphatic hydroxyl groups excluding tert-OH is 1. The van der Waals surface area contributed by atoms with Gasteiger partial charge in [-0.15, -0.1) is 0 Å². The van der Waals surface area contributed by atoms with Crippen LogP contribution in [-0.2, 0) is 0 Å². The van der Waals surface area contributed by atoms with Crippen LogP contribution in [0.3, 0.4) is 0 Å². The lowest BCUT2D eigenvalue weighted by Crippen LogP contribution is -2.29. The smallest absolute Gasteiger partial charge is 0.0513 e. The Kier molecular flexibility index (Phi) is 5.87. The summed E-state index contributed by atoms with van der Waals surface area (Å²) in [6, 6.07) is 7.60. The van der Waals surface area contributed by atoms with Gasteiger partial charge in [0.2, 0.25) is 0 Å². The predicted octanol–water partition coefficient (Wildman–Crippen LogP) is 3.47. The average molecular weight is 341 g/mol. The molecule has 2 N–H and O–H groups in total. The fourth-order valence-corrected chi connectivity index (χ4v) is 3.60. The highest BCUT2D eigenvalue weighted by atomic mass is 79.9. The number of anilines is 1. The Hall–Kier alpha value is -0.580. The molecule has 0 spiro atoms. The number of benzene rings is 1. The molecule has 1 fully saturated rings. The van der Waals surface area contributed by atoms with Crippen molar-refractivity contribution in [1.29, 1.82) is 0 Å². The van der Waals surface area contributed by atoms with Crippen molar-refractivity contribution in [2.45, 2.75) is 44.7 Å². The van der Waals surface area contributed by atoms with Gasteiger partial charge in [0.05, 0.1) is 5.69 Å². The van der Waals surface area contributed by atoms with Crippen LogP contribution in [0.5, 0.6) is 0 Å². The third-order valence-electron chi connectivity index (χ3n) is 4.29. The fraction of sp³-hybridized carbons (Fsp3) is 0.625. The number of nitrogens with zero attached hydrogens (tertiary/aromatic N) is 1. The van der Waals surface area contributed by atoms with E-state index in [4.69, 9.17) is 5.11 Å². The van der Waals surface area contributed by atoms with E-state index in [-0.39, 0.29) is 0 Å². The fourth-order valence-electron chi connectivity index (χ4n) is 2.97. The Morgan fingerprint density at radius 1 is 1.50 bits per heavy atom. The predicted molar refractivity (Wildman–Crippen MR) is 88.3 cm³/mol. The molecule has 4 heteroatoms. The van der Waals surface area contributed by atoms with E-state index >= 15 is 0 Å². The monoisotopic (exact) mass is 340 g/mol. The standard InChI is InChI=1S/C16H25BrN2O/c1-12(18-2)13-7-8-16(15(17)11-13)19-9-3-5-14(19)6-4-10-20/h7-8,11-12,14,18,20H,3-6,9-10H2,1-2H3. The van der Waals surface area contributed by atoms with Gasteiger partial charge in [-0.2, -0.15) is 0 Å². The van der Waals surface area contributed by atoms with Gasteiger partial charge in [-0.05, 0) is 73.3 Å². The molecule has 0 bridgehead atoms. The van der Waals surface area contributed by atoms with Gasteiger partial charge >= 0.3 is 0 Å². The molecule has 1 aromatic carbocycles. The summed E-state index contributed by atoms with van der Waals surface area (Å²) in [6.45, 7) is 3.58. The summed E-state index contributed by atoms with van der Waals surface area (Å²) in [6.07, 6.45) is 4.46. The molecule has 0 radical (unpaired) electrons. The van der Waals surface area contributed by atoms with Crippen molar-refractivity contribution < 1.29 is 5.11 Å². The van der Waals surface area contributed by atoms with Gasteiger partial charge in [-0.25, -0.2) is 0 Å². The highest BCUT2D eigenvalue weighted by Crippen LogP contribution is 2.35. The SMILES string of the molecule is CNC(C)c1ccc(N2CCCC2CCCO)c(Br)c1. The Morgan fingerprint density at radius 3 is 2.95 bits per heavy atom. The number of rotatable bonds is 6. The van der Waals surface area contributed by atoms with Crippen molar-refractivity contribution in [3.05, 3.63) is 28.2 Å². The van der Waals surface area contributed by atoms with E-state index < -0.39 is 0 Å². The zero-order valence-electron chi connectivity index (χ0n) is 12.4. The van der Waals surface area contributed by atoms with Crippen molar-refractivity contribution in [2.24, 2.45) is 0 Å². The van der Waals surface area contributed by atoms with Crippen LogP contribution in [-0.4, -0.2) is 31.3 Å². The quantitative estimate of drug-likeness (QED) is 0.832. The van der Waals surface area contributed by atoms with E-state index in [9.17, 15) is 0 Å². The van der Waals surface area contributed by atoms with Gasteiger partial charge in [-0.3, -0.25) is 0 Å². The molecular weight excluding hydrogens is 316 g/mol. The molecule has 1 aliphatic rings. The van der Waals surface area contributed by atoms with Crippen LogP contribution in [0, 0.1) is 0 Å². The first-order valence-electron chi connectivity index (χ1n) is 7.51. The molecule has 0 saturated carbocycles. The van der Waals surface area contributed by atoms with Crippen LogP contribution >= 0.6 is 15.9 Å². The minimum atomic E-state index is 0.296. The lowest BCUT2D eigenvalue weighted by Gasteiger charge is -2.28. The summed E-state index contributed by atoms with van der Waals surface area (Å²) in [5, 5.41) is 12.3. The first kappa shape index (κ1) is 15.8. The van der Waals surface area contributed by atoms with Crippen LogP contribution in [0.15, 0.2) is 22.7 Å². The van der Waals surface area contributed by atoms with E-state index in [1.807, 2.05) is 7.05 Å². The minimum absolute atomic E-state index is 0.296. The first-order valence-corrected chi connectivity index (χ1v) is 8.31. The van der Waals surface area contributed by atoms with Gasteiger partial charge in [0.25, 0.3) is 0 Å². The van der Waals surface area contributed by atoms with Gasteiger partial charge in [0.15, 0.2) is 0 Å². The number of aliphatic hydroxyl groups is 1.